The highest BCUT2D eigenvalue weighted by atomic mass is 16.3. The Bertz CT molecular complexity index is 219. The zero-order chi connectivity index (χ0) is 9.68. The molecule has 1 heterocycles. The van der Waals surface area contributed by atoms with E-state index in [2.05, 4.69) is 19.2 Å². The van der Waals surface area contributed by atoms with E-state index in [1.54, 1.807) is 6.26 Å². The van der Waals surface area contributed by atoms with Gasteiger partial charge in [-0.25, -0.2) is 0 Å². The molecule has 0 amide bonds. The molecule has 0 radical (unpaired) electrons. The molecule has 74 valence electrons. The van der Waals surface area contributed by atoms with Gasteiger partial charge in [-0.15, -0.1) is 0 Å². The maximum absolute atomic E-state index is 8.87. The first kappa shape index (κ1) is 10.3. The Kier molecular flexibility index (Phi) is 3.99. The Morgan fingerprint density at radius 1 is 1.54 bits per heavy atom. The summed E-state index contributed by atoms with van der Waals surface area (Å²) in [5, 5.41) is 12.2. The summed E-state index contributed by atoms with van der Waals surface area (Å²) in [7, 11) is 0. The summed E-state index contributed by atoms with van der Waals surface area (Å²) in [5.74, 6) is 0.891. The van der Waals surface area contributed by atoms with Crippen LogP contribution in [0.25, 0.3) is 0 Å². The van der Waals surface area contributed by atoms with E-state index >= 15 is 0 Å². The van der Waals surface area contributed by atoms with Crippen LogP contribution < -0.4 is 5.32 Å². The number of nitrogens with one attached hydrogen (secondary N) is 1. The van der Waals surface area contributed by atoms with E-state index in [1.165, 1.54) is 0 Å². The molecule has 1 rings (SSSR count). The lowest BCUT2D eigenvalue weighted by atomic mass is 10.1. The van der Waals surface area contributed by atoms with E-state index in [9.17, 15) is 0 Å². The molecule has 13 heavy (non-hydrogen) atoms. The van der Waals surface area contributed by atoms with Gasteiger partial charge in [0.2, 0.25) is 0 Å². The molecule has 0 bridgehead atoms. The van der Waals surface area contributed by atoms with Crippen molar-refractivity contribution in [3.05, 3.63) is 24.2 Å². The highest BCUT2D eigenvalue weighted by Gasteiger charge is 2.13. The van der Waals surface area contributed by atoms with E-state index in [0.29, 0.717) is 12.5 Å². The summed E-state index contributed by atoms with van der Waals surface area (Å²) >= 11 is 0. The normalized spacial score (nSPS) is 13.5. The van der Waals surface area contributed by atoms with Crippen LogP contribution >= 0.6 is 0 Å². The topological polar surface area (TPSA) is 45.4 Å². The molecule has 0 aliphatic rings. The van der Waals surface area contributed by atoms with Gasteiger partial charge in [0.1, 0.15) is 5.76 Å². The second kappa shape index (κ2) is 5.04. The molecule has 1 atom stereocenters. The second-order valence-corrected chi connectivity index (χ2v) is 3.40. The zero-order valence-electron chi connectivity index (χ0n) is 8.16. The van der Waals surface area contributed by atoms with Crippen molar-refractivity contribution in [1.29, 1.82) is 0 Å². The van der Waals surface area contributed by atoms with Crippen LogP contribution in [-0.2, 0) is 0 Å². The number of rotatable bonds is 5. The van der Waals surface area contributed by atoms with Gasteiger partial charge in [-0.1, -0.05) is 13.8 Å². The van der Waals surface area contributed by atoms with Crippen molar-refractivity contribution >= 4 is 0 Å². The molecule has 0 aliphatic heterocycles. The third kappa shape index (κ3) is 3.20. The Labute approximate surface area is 78.8 Å². The molecule has 0 spiro atoms. The smallest absolute Gasteiger partial charge is 0.120 e. The first-order valence-corrected chi connectivity index (χ1v) is 4.64. The molecule has 0 aromatic carbocycles. The lowest BCUT2D eigenvalue weighted by Gasteiger charge is -2.18. The number of hydrogen-bond acceptors (Lipinski definition) is 3. The van der Waals surface area contributed by atoms with Crippen LogP contribution in [-0.4, -0.2) is 17.8 Å². The van der Waals surface area contributed by atoms with Crippen molar-refractivity contribution in [1.82, 2.24) is 5.32 Å². The summed E-state index contributed by atoms with van der Waals surface area (Å²) in [5.41, 5.74) is 0. The monoisotopic (exact) mass is 183 g/mol. The number of aliphatic hydroxyl groups excluding tert-OH is 1. The van der Waals surface area contributed by atoms with Gasteiger partial charge < -0.3 is 14.8 Å². The quantitative estimate of drug-likeness (QED) is 0.730. The minimum Gasteiger partial charge on any atom is -0.468 e. The number of furan rings is 1. The highest BCUT2D eigenvalue weighted by Crippen LogP contribution is 2.17. The van der Waals surface area contributed by atoms with Crippen LogP contribution in [0.4, 0.5) is 0 Å². The maximum atomic E-state index is 8.87. The molecule has 0 fully saturated rings. The second-order valence-electron chi connectivity index (χ2n) is 3.40. The van der Waals surface area contributed by atoms with Crippen molar-refractivity contribution in [3.8, 4) is 0 Å². The van der Waals surface area contributed by atoms with E-state index in [1.807, 2.05) is 12.1 Å². The van der Waals surface area contributed by atoms with Crippen LogP contribution in [0, 0.1) is 0 Å². The average molecular weight is 183 g/mol. The Balaban J connectivity index is 2.57. The molecular weight excluding hydrogens is 166 g/mol. The van der Waals surface area contributed by atoms with E-state index in [4.69, 9.17) is 9.52 Å². The van der Waals surface area contributed by atoms with Gasteiger partial charge in [-0.2, -0.15) is 0 Å². The van der Waals surface area contributed by atoms with Crippen LogP contribution in [0.5, 0.6) is 0 Å². The summed E-state index contributed by atoms with van der Waals surface area (Å²) < 4.78 is 5.28. The molecule has 1 unspecified atom stereocenters. The van der Waals surface area contributed by atoms with Crippen LogP contribution in [0.3, 0.4) is 0 Å². The minimum absolute atomic E-state index is 0.125. The first-order valence-electron chi connectivity index (χ1n) is 4.64. The fourth-order valence-corrected chi connectivity index (χ4v) is 1.33. The highest BCUT2D eigenvalue weighted by molar-refractivity contribution is 5.04. The lowest BCUT2D eigenvalue weighted by molar-refractivity contribution is 0.249. The average Bonchev–Trinajstić information content (AvgIpc) is 2.54. The van der Waals surface area contributed by atoms with Gasteiger partial charge in [0.25, 0.3) is 0 Å². The fourth-order valence-electron chi connectivity index (χ4n) is 1.33. The molecule has 0 saturated carbocycles. The summed E-state index contributed by atoms with van der Waals surface area (Å²) in [6, 6.07) is 4.30. The molecule has 1 aromatic heterocycles. The number of aliphatic hydroxyl groups is 1. The van der Waals surface area contributed by atoms with Gasteiger partial charge in [0.15, 0.2) is 0 Å². The predicted molar refractivity (Wildman–Crippen MR) is 51.4 cm³/mol. The molecule has 1 aromatic rings. The Morgan fingerprint density at radius 2 is 2.31 bits per heavy atom. The Hall–Kier alpha value is -0.800. The summed E-state index contributed by atoms with van der Waals surface area (Å²) in [4.78, 5) is 0. The van der Waals surface area contributed by atoms with Gasteiger partial charge in [0, 0.05) is 12.6 Å². The molecule has 0 aliphatic carbocycles. The maximum Gasteiger partial charge on any atom is 0.120 e. The summed E-state index contributed by atoms with van der Waals surface area (Å²) in [6.45, 7) is 4.33. The molecule has 3 heteroatoms. The molecule has 3 nitrogen and oxygen atoms in total. The van der Waals surface area contributed by atoms with Crippen molar-refractivity contribution in [2.24, 2.45) is 0 Å². The van der Waals surface area contributed by atoms with E-state index in [-0.39, 0.29) is 12.6 Å². The Morgan fingerprint density at radius 3 is 2.77 bits per heavy atom. The lowest BCUT2D eigenvalue weighted by Crippen LogP contribution is -2.28. The third-order valence-corrected chi connectivity index (χ3v) is 1.84. The van der Waals surface area contributed by atoms with E-state index < -0.39 is 0 Å². The van der Waals surface area contributed by atoms with Gasteiger partial charge in [-0.05, 0) is 18.6 Å². The summed E-state index contributed by atoms with van der Waals surface area (Å²) in [6.07, 6.45) is 2.34. The molecular formula is C10H17NO2. The van der Waals surface area contributed by atoms with Crippen molar-refractivity contribution in [2.75, 3.05) is 6.61 Å². The third-order valence-electron chi connectivity index (χ3n) is 1.84. The number of hydrogen-bond donors (Lipinski definition) is 2. The largest absolute Gasteiger partial charge is 0.468 e. The molecule has 0 saturated heterocycles. The zero-order valence-corrected chi connectivity index (χ0v) is 8.16. The molecule has 2 N–H and O–H groups in total. The minimum atomic E-state index is 0.125. The predicted octanol–water partition coefficient (Wildman–Crippen LogP) is 1.70. The van der Waals surface area contributed by atoms with Crippen LogP contribution in [0.15, 0.2) is 22.8 Å². The van der Waals surface area contributed by atoms with E-state index in [0.717, 1.165) is 5.76 Å². The van der Waals surface area contributed by atoms with Crippen molar-refractivity contribution in [3.63, 3.8) is 0 Å². The van der Waals surface area contributed by atoms with Crippen molar-refractivity contribution in [2.45, 2.75) is 32.4 Å². The van der Waals surface area contributed by atoms with Gasteiger partial charge in [-0.3, -0.25) is 0 Å². The first-order chi connectivity index (χ1) is 6.24. The van der Waals surface area contributed by atoms with Crippen molar-refractivity contribution < 1.29 is 9.52 Å². The van der Waals surface area contributed by atoms with Gasteiger partial charge in [0.05, 0.1) is 12.3 Å². The van der Waals surface area contributed by atoms with Crippen LogP contribution in [0.2, 0.25) is 0 Å². The van der Waals surface area contributed by atoms with Gasteiger partial charge >= 0.3 is 0 Å². The van der Waals surface area contributed by atoms with Crippen LogP contribution in [0.1, 0.15) is 32.1 Å². The fraction of sp³-hybridized carbons (Fsp3) is 0.600. The standard InChI is InChI=1S/C10H17NO2/c1-8(2)11-9(5-6-12)10-4-3-7-13-10/h3-4,7-9,11-12H,5-6H2,1-2H3. The SMILES string of the molecule is CC(C)NC(CCO)c1ccco1.